The van der Waals surface area contributed by atoms with E-state index in [0.717, 1.165) is 0 Å². The summed E-state index contributed by atoms with van der Waals surface area (Å²) >= 11 is 0. The molecule has 0 N–H and O–H groups in total. The lowest BCUT2D eigenvalue weighted by Gasteiger charge is -2.03. The summed E-state index contributed by atoms with van der Waals surface area (Å²) in [6.45, 7) is 3.67. The van der Waals surface area contributed by atoms with Crippen LogP contribution >= 0.6 is 0 Å². The maximum absolute atomic E-state index is 12.2. The first-order valence-corrected chi connectivity index (χ1v) is 6.86. The SMILES string of the molecule is CCc1nn(CC(=O)c2ccn(C)c2)c(CC)c1[N+](=O)[O-]. The first-order chi connectivity index (χ1) is 9.97. The van der Waals surface area contributed by atoms with E-state index in [-0.39, 0.29) is 18.0 Å². The molecule has 0 saturated carbocycles. The van der Waals surface area contributed by atoms with Gasteiger partial charge in [-0.15, -0.1) is 0 Å². The van der Waals surface area contributed by atoms with Gasteiger partial charge in [0.2, 0.25) is 0 Å². The zero-order valence-electron chi connectivity index (χ0n) is 12.4. The van der Waals surface area contributed by atoms with E-state index in [4.69, 9.17) is 0 Å². The molecule has 21 heavy (non-hydrogen) atoms. The van der Waals surface area contributed by atoms with Crippen LogP contribution in [0.1, 0.15) is 35.6 Å². The van der Waals surface area contributed by atoms with E-state index in [1.165, 1.54) is 4.68 Å². The number of Topliss-reactive ketones (excluding diaryl/α,β-unsaturated/α-hetero) is 1. The topological polar surface area (TPSA) is 83.0 Å². The summed E-state index contributed by atoms with van der Waals surface area (Å²) < 4.78 is 3.25. The van der Waals surface area contributed by atoms with Crippen molar-refractivity contribution in [2.45, 2.75) is 33.2 Å². The van der Waals surface area contributed by atoms with E-state index >= 15 is 0 Å². The predicted molar refractivity (Wildman–Crippen MR) is 77.4 cm³/mol. The van der Waals surface area contributed by atoms with Gasteiger partial charge in [-0.05, 0) is 18.9 Å². The van der Waals surface area contributed by atoms with Gasteiger partial charge in [-0.1, -0.05) is 13.8 Å². The number of nitrogens with zero attached hydrogens (tertiary/aromatic N) is 4. The zero-order valence-corrected chi connectivity index (χ0v) is 12.4. The second-order valence-electron chi connectivity index (χ2n) is 4.85. The van der Waals surface area contributed by atoms with Crippen LogP contribution in [0.2, 0.25) is 0 Å². The molecular formula is C14H18N4O3. The quantitative estimate of drug-likeness (QED) is 0.463. The molecule has 0 aliphatic heterocycles. The summed E-state index contributed by atoms with van der Waals surface area (Å²) in [5.41, 5.74) is 1.55. The first-order valence-electron chi connectivity index (χ1n) is 6.86. The molecule has 0 fully saturated rings. The lowest BCUT2D eigenvalue weighted by Crippen LogP contribution is -2.14. The number of aryl methyl sites for hydroxylation is 2. The van der Waals surface area contributed by atoms with Crippen LogP contribution in [-0.2, 0) is 26.4 Å². The minimum Gasteiger partial charge on any atom is -0.357 e. The van der Waals surface area contributed by atoms with Gasteiger partial charge < -0.3 is 4.57 Å². The Hall–Kier alpha value is -2.44. The third-order valence-corrected chi connectivity index (χ3v) is 3.40. The first kappa shape index (κ1) is 15.0. The lowest BCUT2D eigenvalue weighted by atomic mass is 10.2. The van der Waals surface area contributed by atoms with E-state index in [0.29, 0.717) is 29.8 Å². The Bertz CT molecular complexity index is 684. The summed E-state index contributed by atoms with van der Waals surface area (Å²) in [6.07, 6.45) is 4.45. The van der Waals surface area contributed by atoms with Gasteiger partial charge in [0, 0.05) is 25.0 Å². The van der Waals surface area contributed by atoms with Gasteiger partial charge >= 0.3 is 5.69 Å². The van der Waals surface area contributed by atoms with Gasteiger partial charge in [0.05, 0.1) is 4.92 Å². The van der Waals surface area contributed by atoms with Crippen molar-refractivity contribution in [3.63, 3.8) is 0 Å². The maximum Gasteiger partial charge on any atom is 0.313 e. The largest absolute Gasteiger partial charge is 0.357 e. The molecular weight excluding hydrogens is 272 g/mol. The molecule has 7 nitrogen and oxygen atoms in total. The summed E-state index contributed by atoms with van der Waals surface area (Å²) in [4.78, 5) is 23.0. The number of carbonyl (C=O) groups excluding carboxylic acids is 1. The van der Waals surface area contributed by atoms with Crippen LogP contribution in [0.5, 0.6) is 0 Å². The highest BCUT2D eigenvalue weighted by Gasteiger charge is 2.26. The van der Waals surface area contributed by atoms with Crippen LogP contribution in [0.4, 0.5) is 5.69 Å². The molecule has 0 atom stereocenters. The maximum atomic E-state index is 12.2. The molecule has 0 radical (unpaired) electrons. The predicted octanol–water partition coefficient (Wildman–Crippen LogP) is 2.14. The normalized spacial score (nSPS) is 10.8. The number of carbonyl (C=O) groups is 1. The Kier molecular flexibility index (Phi) is 4.21. The highest BCUT2D eigenvalue weighted by molar-refractivity contribution is 5.95. The lowest BCUT2D eigenvalue weighted by molar-refractivity contribution is -0.386. The van der Waals surface area contributed by atoms with Crippen molar-refractivity contribution in [2.24, 2.45) is 7.05 Å². The Balaban J connectivity index is 2.36. The Morgan fingerprint density at radius 2 is 2.10 bits per heavy atom. The summed E-state index contributed by atoms with van der Waals surface area (Å²) in [5.74, 6) is -0.106. The molecule has 2 aromatic heterocycles. The van der Waals surface area contributed by atoms with Crippen molar-refractivity contribution < 1.29 is 9.72 Å². The number of hydrogen-bond donors (Lipinski definition) is 0. The van der Waals surface area contributed by atoms with Crippen molar-refractivity contribution in [1.82, 2.24) is 14.3 Å². The standard InChI is InChI=1S/C14H18N4O3/c1-4-11-14(18(20)21)12(5-2)17(15-11)9-13(19)10-6-7-16(3)8-10/h6-8H,4-5,9H2,1-3H3. The van der Waals surface area contributed by atoms with E-state index in [1.54, 1.807) is 23.0 Å². The second kappa shape index (κ2) is 5.90. The van der Waals surface area contributed by atoms with Crippen molar-refractivity contribution in [3.05, 3.63) is 45.5 Å². The number of nitro groups is 1. The van der Waals surface area contributed by atoms with Crippen LogP contribution in [0.25, 0.3) is 0 Å². The fraction of sp³-hybridized carbons (Fsp3) is 0.429. The number of hydrogen-bond acceptors (Lipinski definition) is 4. The third kappa shape index (κ3) is 2.86. The van der Waals surface area contributed by atoms with E-state index < -0.39 is 4.92 Å². The van der Waals surface area contributed by atoms with Crippen LogP contribution in [-0.4, -0.2) is 25.1 Å². The van der Waals surface area contributed by atoms with Crippen molar-refractivity contribution in [2.75, 3.05) is 0 Å². The fourth-order valence-corrected chi connectivity index (χ4v) is 2.37. The van der Waals surface area contributed by atoms with Crippen molar-refractivity contribution in [1.29, 1.82) is 0 Å². The number of rotatable bonds is 6. The highest BCUT2D eigenvalue weighted by Crippen LogP contribution is 2.25. The Morgan fingerprint density at radius 3 is 2.57 bits per heavy atom. The smallest absolute Gasteiger partial charge is 0.313 e. The third-order valence-electron chi connectivity index (χ3n) is 3.40. The van der Waals surface area contributed by atoms with Crippen LogP contribution in [0.15, 0.2) is 18.5 Å². The van der Waals surface area contributed by atoms with E-state index in [2.05, 4.69) is 5.10 Å². The minimum atomic E-state index is -0.409. The summed E-state index contributed by atoms with van der Waals surface area (Å²) in [7, 11) is 1.84. The average Bonchev–Trinajstić information content (AvgIpc) is 3.01. The summed E-state index contributed by atoms with van der Waals surface area (Å²) in [5, 5.41) is 15.4. The van der Waals surface area contributed by atoms with E-state index in [9.17, 15) is 14.9 Å². The molecule has 0 aliphatic carbocycles. The Morgan fingerprint density at radius 1 is 1.38 bits per heavy atom. The summed E-state index contributed by atoms with van der Waals surface area (Å²) in [6, 6.07) is 1.73. The molecule has 0 aromatic carbocycles. The molecule has 2 rings (SSSR count). The minimum absolute atomic E-state index is 0.0219. The Labute approximate surface area is 122 Å². The van der Waals surface area contributed by atoms with Gasteiger partial charge in [-0.3, -0.25) is 19.6 Å². The molecule has 2 aromatic rings. The van der Waals surface area contributed by atoms with Gasteiger partial charge in [-0.2, -0.15) is 5.10 Å². The van der Waals surface area contributed by atoms with Crippen molar-refractivity contribution >= 4 is 11.5 Å². The zero-order chi connectivity index (χ0) is 15.6. The second-order valence-corrected chi connectivity index (χ2v) is 4.85. The molecule has 0 saturated heterocycles. The molecule has 7 heteroatoms. The molecule has 112 valence electrons. The van der Waals surface area contributed by atoms with E-state index in [1.807, 2.05) is 20.9 Å². The van der Waals surface area contributed by atoms with Crippen LogP contribution in [0.3, 0.4) is 0 Å². The monoisotopic (exact) mass is 290 g/mol. The highest BCUT2D eigenvalue weighted by atomic mass is 16.6. The van der Waals surface area contributed by atoms with Gasteiger partial charge in [0.25, 0.3) is 0 Å². The molecule has 0 bridgehead atoms. The number of ketones is 1. The molecule has 0 amide bonds. The van der Waals surface area contributed by atoms with Crippen LogP contribution < -0.4 is 0 Å². The van der Waals surface area contributed by atoms with Crippen LogP contribution in [0, 0.1) is 10.1 Å². The molecule has 0 spiro atoms. The number of aromatic nitrogens is 3. The fourth-order valence-electron chi connectivity index (χ4n) is 2.37. The molecule has 2 heterocycles. The molecule has 0 aliphatic rings. The van der Waals surface area contributed by atoms with Gasteiger partial charge in [0.15, 0.2) is 5.78 Å². The van der Waals surface area contributed by atoms with Crippen molar-refractivity contribution in [3.8, 4) is 0 Å². The van der Waals surface area contributed by atoms with Gasteiger partial charge in [0.1, 0.15) is 17.9 Å². The van der Waals surface area contributed by atoms with Gasteiger partial charge in [-0.25, -0.2) is 0 Å². The average molecular weight is 290 g/mol. The molecule has 0 unspecified atom stereocenters.